The van der Waals surface area contributed by atoms with Crippen molar-refractivity contribution in [3.8, 4) is 0 Å². The molecule has 0 aliphatic rings. The van der Waals surface area contributed by atoms with Gasteiger partial charge in [-0.05, 0) is 57.8 Å². The minimum Gasteiger partial charge on any atom is -0.394 e. The highest BCUT2D eigenvalue weighted by atomic mass is 16.3. The number of unbranched alkanes of at least 4 members (excludes halogenated alkanes) is 28. The van der Waals surface area contributed by atoms with Crippen molar-refractivity contribution in [2.45, 2.75) is 238 Å². The standard InChI is InChI=1S/C47H87NO3/c1-3-5-7-9-11-13-15-17-19-21-23-25-26-28-30-32-34-36-38-40-42-46(50)45(44-49)48-47(51)43-41-39-37-35-33-31-29-27-24-22-20-18-16-14-12-10-8-6-4-2/h12,14,16,18,32,34,40,42,45-46,49-50H,3-11,13,15,17,19-31,33,35-39,41,43-44H2,1-2H3,(H,48,51)/b14-12-,18-16-,34-32+,42-40+. The van der Waals surface area contributed by atoms with Gasteiger partial charge in [0.05, 0.1) is 18.8 Å². The zero-order valence-electron chi connectivity index (χ0n) is 34.1. The summed E-state index contributed by atoms with van der Waals surface area (Å²) >= 11 is 0. The lowest BCUT2D eigenvalue weighted by Gasteiger charge is -2.19. The first-order valence-corrected chi connectivity index (χ1v) is 22.4. The number of hydrogen-bond acceptors (Lipinski definition) is 3. The number of rotatable bonds is 40. The van der Waals surface area contributed by atoms with Gasteiger partial charge in [-0.2, -0.15) is 0 Å². The molecule has 0 fully saturated rings. The van der Waals surface area contributed by atoms with Gasteiger partial charge in [0, 0.05) is 6.42 Å². The Morgan fingerprint density at radius 2 is 0.824 bits per heavy atom. The number of aliphatic hydroxyl groups excluding tert-OH is 2. The SMILES string of the molecule is CCCCC/C=C\C=C/CCCCCCCCCCCCC(=O)NC(CO)C(O)/C=C/CC/C=C/CCCCCCCCCCCCCCCC. The molecule has 0 aliphatic heterocycles. The Labute approximate surface area is 318 Å². The maximum atomic E-state index is 12.4. The van der Waals surface area contributed by atoms with E-state index in [1.807, 2.05) is 6.08 Å². The third-order valence-corrected chi connectivity index (χ3v) is 10.1. The molecule has 0 aliphatic carbocycles. The van der Waals surface area contributed by atoms with Crippen molar-refractivity contribution in [2.24, 2.45) is 0 Å². The third kappa shape index (κ3) is 39.4. The van der Waals surface area contributed by atoms with E-state index in [1.165, 1.54) is 173 Å². The van der Waals surface area contributed by atoms with Gasteiger partial charge in [-0.15, -0.1) is 0 Å². The molecule has 1 amide bonds. The number of carbonyl (C=O) groups is 1. The maximum absolute atomic E-state index is 12.4. The van der Waals surface area contributed by atoms with Gasteiger partial charge in [-0.1, -0.05) is 210 Å². The molecule has 0 aromatic carbocycles. The molecule has 2 atom stereocenters. The molecule has 0 aromatic heterocycles. The Morgan fingerprint density at radius 3 is 1.29 bits per heavy atom. The number of amides is 1. The van der Waals surface area contributed by atoms with Gasteiger partial charge in [0.2, 0.25) is 5.91 Å². The monoisotopic (exact) mass is 714 g/mol. The van der Waals surface area contributed by atoms with E-state index >= 15 is 0 Å². The first-order chi connectivity index (χ1) is 25.2. The fourth-order valence-electron chi connectivity index (χ4n) is 6.60. The molecule has 0 radical (unpaired) electrons. The molecule has 51 heavy (non-hydrogen) atoms. The predicted molar refractivity (Wildman–Crippen MR) is 225 cm³/mol. The summed E-state index contributed by atoms with van der Waals surface area (Å²) in [6.07, 6.45) is 57.9. The van der Waals surface area contributed by atoms with Crippen LogP contribution in [0.1, 0.15) is 226 Å². The topological polar surface area (TPSA) is 69.6 Å². The molecule has 0 rings (SSSR count). The van der Waals surface area contributed by atoms with E-state index in [0.29, 0.717) is 6.42 Å². The molecule has 2 unspecified atom stereocenters. The normalized spacial score (nSPS) is 13.4. The van der Waals surface area contributed by atoms with Crippen molar-refractivity contribution in [1.29, 1.82) is 0 Å². The fraction of sp³-hybridized carbons (Fsp3) is 0.809. The van der Waals surface area contributed by atoms with Crippen LogP contribution in [-0.2, 0) is 4.79 Å². The minimum atomic E-state index is -0.864. The molecule has 0 bridgehead atoms. The first kappa shape index (κ1) is 49.4. The second-order valence-corrected chi connectivity index (χ2v) is 15.1. The van der Waals surface area contributed by atoms with Crippen LogP contribution in [0.2, 0.25) is 0 Å². The highest BCUT2D eigenvalue weighted by Crippen LogP contribution is 2.15. The van der Waals surface area contributed by atoms with E-state index in [-0.39, 0.29) is 12.5 Å². The summed E-state index contributed by atoms with van der Waals surface area (Å²) in [7, 11) is 0. The Kier molecular flexibility index (Phi) is 41.4. The summed E-state index contributed by atoms with van der Waals surface area (Å²) in [5.41, 5.74) is 0. The lowest BCUT2D eigenvalue weighted by atomic mass is 10.0. The largest absolute Gasteiger partial charge is 0.394 e. The fourth-order valence-corrected chi connectivity index (χ4v) is 6.60. The van der Waals surface area contributed by atoms with Crippen molar-refractivity contribution >= 4 is 5.91 Å². The van der Waals surface area contributed by atoms with Crippen LogP contribution in [0.15, 0.2) is 48.6 Å². The van der Waals surface area contributed by atoms with Gasteiger partial charge in [0.1, 0.15) is 0 Å². The highest BCUT2D eigenvalue weighted by Gasteiger charge is 2.17. The first-order valence-electron chi connectivity index (χ1n) is 22.4. The molecule has 4 heteroatoms. The van der Waals surface area contributed by atoms with Crippen LogP contribution >= 0.6 is 0 Å². The lowest BCUT2D eigenvalue weighted by molar-refractivity contribution is -0.123. The summed E-state index contributed by atoms with van der Waals surface area (Å²) in [4.78, 5) is 12.4. The van der Waals surface area contributed by atoms with E-state index in [1.54, 1.807) is 6.08 Å². The third-order valence-electron chi connectivity index (χ3n) is 10.1. The van der Waals surface area contributed by atoms with Crippen LogP contribution in [0, 0.1) is 0 Å². The zero-order chi connectivity index (χ0) is 37.1. The zero-order valence-corrected chi connectivity index (χ0v) is 34.1. The lowest BCUT2D eigenvalue weighted by Crippen LogP contribution is -2.45. The summed E-state index contributed by atoms with van der Waals surface area (Å²) in [6, 6.07) is -0.641. The Bertz CT molecular complexity index is 816. The second-order valence-electron chi connectivity index (χ2n) is 15.1. The Morgan fingerprint density at radius 1 is 0.471 bits per heavy atom. The molecule has 0 spiro atoms. The van der Waals surface area contributed by atoms with Crippen molar-refractivity contribution in [3.63, 3.8) is 0 Å². The number of hydrogen-bond donors (Lipinski definition) is 3. The quantitative estimate of drug-likeness (QED) is 0.0336. The summed E-state index contributed by atoms with van der Waals surface area (Å²) < 4.78 is 0. The van der Waals surface area contributed by atoms with Gasteiger partial charge in [0.15, 0.2) is 0 Å². The van der Waals surface area contributed by atoms with Gasteiger partial charge in [0.25, 0.3) is 0 Å². The molecule has 3 N–H and O–H groups in total. The van der Waals surface area contributed by atoms with E-state index in [9.17, 15) is 15.0 Å². The minimum absolute atomic E-state index is 0.0780. The molecule has 0 saturated carbocycles. The van der Waals surface area contributed by atoms with E-state index in [2.05, 4.69) is 55.6 Å². The molecular formula is C47H87NO3. The van der Waals surface area contributed by atoms with Crippen LogP contribution in [0.5, 0.6) is 0 Å². The predicted octanol–water partition coefficient (Wildman–Crippen LogP) is 14.0. The Balaban J connectivity index is 3.61. The van der Waals surface area contributed by atoms with Crippen LogP contribution in [0.25, 0.3) is 0 Å². The van der Waals surface area contributed by atoms with Gasteiger partial charge >= 0.3 is 0 Å². The van der Waals surface area contributed by atoms with Crippen molar-refractivity contribution in [1.82, 2.24) is 5.32 Å². The van der Waals surface area contributed by atoms with Crippen LogP contribution in [-0.4, -0.2) is 34.9 Å². The molecule has 0 saturated heterocycles. The summed E-state index contributed by atoms with van der Waals surface area (Å²) in [5.74, 6) is -0.0780. The summed E-state index contributed by atoms with van der Waals surface area (Å²) in [5, 5.41) is 23.0. The van der Waals surface area contributed by atoms with Gasteiger partial charge in [-0.25, -0.2) is 0 Å². The maximum Gasteiger partial charge on any atom is 0.220 e. The Hall–Kier alpha value is -1.65. The van der Waals surface area contributed by atoms with Crippen LogP contribution < -0.4 is 5.32 Å². The van der Waals surface area contributed by atoms with Crippen LogP contribution in [0.3, 0.4) is 0 Å². The number of carbonyl (C=O) groups excluding carboxylic acids is 1. The molecular weight excluding hydrogens is 627 g/mol. The average molecular weight is 714 g/mol. The number of nitrogens with one attached hydrogen (secondary N) is 1. The highest BCUT2D eigenvalue weighted by molar-refractivity contribution is 5.76. The van der Waals surface area contributed by atoms with Gasteiger partial charge < -0.3 is 15.5 Å². The van der Waals surface area contributed by atoms with Gasteiger partial charge in [-0.3, -0.25) is 4.79 Å². The molecule has 0 heterocycles. The smallest absolute Gasteiger partial charge is 0.220 e. The molecule has 0 aromatic rings. The van der Waals surface area contributed by atoms with Crippen molar-refractivity contribution < 1.29 is 15.0 Å². The molecule has 298 valence electrons. The molecule has 4 nitrogen and oxygen atoms in total. The van der Waals surface area contributed by atoms with Crippen LogP contribution in [0.4, 0.5) is 0 Å². The van der Waals surface area contributed by atoms with E-state index < -0.39 is 12.1 Å². The van der Waals surface area contributed by atoms with Crippen molar-refractivity contribution in [3.05, 3.63) is 48.6 Å². The summed E-state index contributed by atoms with van der Waals surface area (Å²) in [6.45, 7) is 4.27. The second kappa shape index (κ2) is 42.8. The van der Waals surface area contributed by atoms with Crippen molar-refractivity contribution in [2.75, 3.05) is 6.61 Å². The van der Waals surface area contributed by atoms with E-state index in [0.717, 1.165) is 32.1 Å². The number of allylic oxidation sites excluding steroid dienone is 7. The number of aliphatic hydroxyl groups is 2. The van der Waals surface area contributed by atoms with E-state index in [4.69, 9.17) is 0 Å². The average Bonchev–Trinajstić information content (AvgIpc) is 3.13.